The number of carbonyl (C=O) groups is 2. The highest BCUT2D eigenvalue weighted by molar-refractivity contribution is 6.16. The third-order valence-corrected chi connectivity index (χ3v) is 13.5. The molecule has 4 N–H and O–H groups in total. The lowest BCUT2D eigenvalue weighted by molar-refractivity contribution is -0.155. The molecule has 4 heterocycles. The van der Waals surface area contributed by atoms with E-state index in [-0.39, 0.29) is 90.2 Å². The average Bonchev–Trinajstić information content (AvgIpc) is 3.54. The number of nitrogens with one attached hydrogen (secondary N) is 1. The first-order valence-electron chi connectivity index (χ1n) is 22.5. The Morgan fingerprint density at radius 3 is 2.41 bits per heavy atom. The quantitative estimate of drug-likeness (QED) is 0.0981. The fraction of sp³-hybridized carbons (Fsp3) is 0.500. The molecule has 0 unspecified atom stereocenters. The van der Waals surface area contributed by atoms with Crippen LogP contribution in [0.1, 0.15) is 73.3 Å². The Morgan fingerprint density at radius 2 is 1.73 bits per heavy atom. The number of aromatic hydroxyl groups is 1. The standard InChI is InChI=1S/C50H61N3O13/c1-24-12-11-13-25(2)49(60)52-41-44(58)37-36(40-47(41)65-35-22-32(21-33(55)39(35)51-40)62-23-31-14-17-53(9)18-15-31)38-46(29(6)43(37)57)66-50(8,48(38)59)63-19-16-34(61-10)28(5)45(64-30(7)54)27(4)20-26(3)42(24)56/h11-13,16,19,21-22,24,26-28,31,34,42,45,56-57,59H,14-15,17-18,20,23H2,1-10H3,(H,52,60)/b12-11+,19-16+,25-13-/t24-,26-,27+,28+,34-,42-,45-,50-/m0/s1. The van der Waals surface area contributed by atoms with E-state index < -0.39 is 64.3 Å². The second kappa shape index (κ2) is 19.1. The van der Waals surface area contributed by atoms with Crippen LogP contribution >= 0.6 is 0 Å². The molecule has 3 aromatic carbocycles. The number of aromatic nitrogens is 1. The molecule has 0 radical (unpaired) electrons. The summed E-state index contributed by atoms with van der Waals surface area (Å²) in [7, 11) is 3.57. The summed E-state index contributed by atoms with van der Waals surface area (Å²) in [6, 6.07) is 2.82. The molecule has 0 aliphatic carbocycles. The largest absolute Gasteiger partial charge is 0.507 e. The van der Waals surface area contributed by atoms with Crippen molar-refractivity contribution in [1.82, 2.24) is 9.88 Å². The molecule has 16 nitrogen and oxygen atoms in total. The molecule has 66 heavy (non-hydrogen) atoms. The van der Waals surface area contributed by atoms with Crippen molar-refractivity contribution in [3.63, 3.8) is 0 Å². The molecule has 8 atom stereocenters. The van der Waals surface area contributed by atoms with Gasteiger partial charge in [0.2, 0.25) is 10.9 Å². The molecule has 0 spiro atoms. The van der Waals surface area contributed by atoms with Crippen LogP contribution in [-0.2, 0) is 23.8 Å². The van der Waals surface area contributed by atoms with Crippen molar-refractivity contribution in [2.75, 3.05) is 39.2 Å². The summed E-state index contributed by atoms with van der Waals surface area (Å²) in [5.41, 5.74) is -2.10. The van der Waals surface area contributed by atoms with E-state index in [4.69, 9.17) is 33.1 Å². The minimum absolute atomic E-state index is 0.0317. The molecule has 16 heteroatoms. The van der Waals surface area contributed by atoms with E-state index in [0.717, 1.165) is 25.9 Å². The summed E-state index contributed by atoms with van der Waals surface area (Å²) in [6.45, 7) is 15.6. The number of hydrogen-bond donors (Lipinski definition) is 4. The SMILES string of the molecule is CO[C@H]1/C=C/O[C@@]2(C)Oc3c(C)c(O)c4c(=O)c(c5oc6cc(OCC7CCN(C)CC7)cc(=O)c6nc5c4c3=C2O)NC(=O)/C(C)=C\C=C\[C@H](C)[C@H](O)[C@@H](C)C[C@@H](C)[C@H](OC(C)=O)[C@@H]1C. The highest BCUT2D eigenvalue weighted by Crippen LogP contribution is 2.42. The Bertz CT molecular complexity index is 2830. The number of hydrogen-bond acceptors (Lipinski definition) is 15. The summed E-state index contributed by atoms with van der Waals surface area (Å²) in [6.07, 6.45) is 8.07. The topological polar surface area (TPSA) is 216 Å². The third kappa shape index (κ3) is 9.23. The van der Waals surface area contributed by atoms with Gasteiger partial charge in [-0.25, -0.2) is 4.98 Å². The van der Waals surface area contributed by atoms with E-state index in [0.29, 0.717) is 13.0 Å². The first-order valence-corrected chi connectivity index (χ1v) is 22.5. The Labute approximate surface area is 382 Å². The number of phenols is 1. The molecule has 0 saturated carbocycles. The van der Waals surface area contributed by atoms with Crippen molar-refractivity contribution in [2.45, 2.75) is 98.8 Å². The van der Waals surface area contributed by atoms with Crippen LogP contribution in [0.5, 0.6) is 17.2 Å². The number of aliphatic hydroxyl groups excluding tert-OH is 2. The first kappa shape index (κ1) is 48.0. The molecule has 1 amide bonds. The van der Waals surface area contributed by atoms with Crippen LogP contribution < -0.4 is 30.9 Å². The molecular weight excluding hydrogens is 851 g/mol. The predicted molar refractivity (Wildman–Crippen MR) is 249 cm³/mol. The molecule has 1 fully saturated rings. The zero-order chi connectivity index (χ0) is 47.9. The summed E-state index contributed by atoms with van der Waals surface area (Å²) >= 11 is 0. The lowest BCUT2D eigenvalue weighted by atomic mass is 9.80. The Hall–Kier alpha value is -5.97. The Morgan fingerprint density at radius 1 is 1.02 bits per heavy atom. The maximum atomic E-state index is 14.8. The molecule has 3 aliphatic heterocycles. The van der Waals surface area contributed by atoms with E-state index >= 15 is 0 Å². The van der Waals surface area contributed by atoms with Gasteiger partial charge in [-0.15, -0.1) is 0 Å². The van der Waals surface area contributed by atoms with Gasteiger partial charge in [-0.2, -0.15) is 0 Å². The van der Waals surface area contributed by atoms with Gasteiger partial charge in [0.25, 0.3) is 5.91 Å². The number of anilines is 1. The van der Waals surface area contributed by atoms with E-state index in [1.54, 1.807) is 25.2 Å². The number of benzene rings is 3. The number of methoxy groups -OCH3 is 1. The maximum Gasteiger partial charge on any atom is 0.307 e. The smallest absolute Gasteiger partial charge is 0.307 e. The van der Waals surface area contributed by atoms with Crippen LogP contribution in [0.3, 0.4) is 0 Å². The molecule has 7 rings (SSSR count). The summed E-state index contributed by atoms with van der Waals surface area (Å²) < 4.78 is 36.7. The minimum atomic E-state index is -1.94. The normalized spacial score (nSPS) is 29.0. The number of aliphatic hydroxyl groups is 2. The van der Waals surface area contributed by atoms with Crippen LogP contribution in [0.15, 0.2) is 62.3 Å². The van der Waals surface area contributed by atoms with Crippen LogP contribution in [-0.4, -0.2) is 95.0 Å². The number of rotatable bonds is 5. The zero-order valence-corrected chi connectivity index (χ0v) is 39.2. The van der Waals surface area contributed by atoms with Gasteiger partial charge in [-0.1, -0.05) is 45.9 Å². The molecule has 354 valence electrons. The van der Waals surface area contributed by atoms with Gasteiger partial charge >= 0.3 is 11.8 Å². The van der Waals surface area contributed by atoms with E-state index in [1.807, 2.05) is 27.7 Å². The number of phenolic OH excluding ortho intramolecular Hbond substituents is 1. The number of likely N-dealkylation sites (tertiary alicyclic amines) is 1. The maximum absolute atomic E-state index is 14.8. The number of carbonyl (C=O) groups excluding carboxylic acids is 2. The van der Waals surface area contributed by atoms with Gasteiger partial charge in [0.15, 0.2) is 22.4 Å². The Kier molecular flexibility index (Phi) is 13.9. The molecule has 4 aromatic rings. The number of piperidine rings is 1. The molecule has 1 saturated heterocycles. The summed E-state index contributed by atoms with van der Waals surface area (Å²) in [5.74, 6) is -4.89. The highest BCUT2D eigenvalue weighted by Gasteiger charge is 2.44. The number of esters is 1. The fourth-order valence-electron chi connectivity index (χ4n) is 9.46. The lowest BCUT2D eigenvalue weighted by Gasteiger charge is -2.34. The number of amides is 1. The van der Waals surface area contributed by atoms with Crippen molar-refractivity contribution < 1.29 is 53.0 Å². The lowest BCUT2D eigenvalue weighted by Crippen LogP contribution is -2.39. The number of nitrogens with zero attached hydrogens (tertiary/aromatic N) is 2. The van der Waals surface area contributed by atoms with Gasteiger partial charge in [0.1, 0.15) is 34.6 Å². The van der Waals surface area contributed by atoms with E-state index in [1.165, 1.54) is 52.4 Å². The number of fused-ring (bicyclic) bond motifs is 2. The average molecular weight is 912 g/mol. The second-order valence-electron chi connectivity index (χ2n) is 18.6. The molecule has 4 bridgehead atoms. The van der Waals surface area contributed by atoms with Crippen molar-refractivity contribution in [2.24, 2.45) is 29.6 Å². The van der Waals surface area contributed by atoms with Crippen LogP contribution in [0.25, 0.3) is 38.7 Å². The van der Waals surface area contributed by atoms with Crippen LogP contribution in [0.4, 0.5) is 5.69 Å². The van der Waals surface area contributed by atoms with Crippen molar-refractivity contribution in [3.8, 4) is 17.2 Å². The number of ether oxygens (including phenoxy) is 5. The zero-order valence-electron chi connectivity index (χ0n) is 39.2. The van der Waals surface area contributed by atoms with Crippen LogP contribution in [0, 0.1) is 36.5 Å². The van der Waals surface area contributed by atoms with Crippen molar-refractivity contribution in [1.29, 1.82) is 0 Å². The minimum Gasteiger partial charge on any atom is -0.507 e. The second-order valence-corrected chi connectivity index (χ2v) is 18.6. The summed E-state index contributed by atoms with van der Waals surface area (Å²) in [5, 5.41) is 37.6. The monoisotopic (exact) mass is 911 g/mol. The van der Waals surface area contributed by atoms with Crippen molar-refractivity contribution >= 4 is 56.3 Å². The van der Waals surface area contributed by atoms with Crippen LogP contribution in [0.2, 0.25) is 0 Å². The highest BCUT2D eigenvalue weighted by atomic mass is 16.7. The number of allylic oxidation sites excluding steroid dienone is 2. The molecule has 3 aliphatic rings. The van der Waals surface area contributed by atoms with Crippen molar-refractivity contribution in [3.05, 3.63) is 79.5 Å². The first-order chi connectivity index (χ1) is 31.2. The molecular formula is C50H61N3O13. The predicted octanol–water partition coefficient (Wildman–Crippen LogP) is 6.31. The van der Waals surface area contributed by atoms with Gasteiger partial charge in [-0.05, 0) is 77.1 Å². The van der Waals surface area contributed by atoms with Gasteiger partial charge in [0, 0.05) is 61.4 Å². The van der Waals surface area contributed by atoms with E-state index in [9.17, 15) is 34.5 Å². The summed E-state index contributed by atoms with van der Waals surface area (Å²) in [4.78, 5) is 62.0. The van der Waals surface area contributed by atoms with E-state index in [2.05, 4.69) is 17.3 Å². The Balaban J connectivity index is 1.44. The van der Waals surface area contributed by atoms with Gasteiger partial charge in [-0.3, -0.25) is 19.2 Å². The fourth-order valence-corrected chi connectivity index (χ4v) is 9.46. The van der Waals surface area contributed by atoms with Gasteiger partial charge < -0.3 is 53.6 Å². The molecule has 1 aromatic heterocycles. The third-order valence-electron chi connectivity index (χ3n) is 13.5. The van der Waals surface area contributed by atoms with Gasteiger partial charge in [0.05, 0.1) is 35.7 Å².